The molecule has 0 unspecified atom stereocenters. The summed E-state index contributed by atoms with van der Waals surface area (Å²) in [6, 6.07) is 0. The highest BCUT2D eigenvalue weighted by atomic mass is 16.3. The topological polar surface area (TPSA) is 20.2 Å². The van der Waals surface area contributed by atoms with Gasteiger partial charge in [0.25, 0.3) is 0 Å². The lowest BCUT2D eigenvalue weighted by Crippen LogP contribution is -2.07. The number of hydrogen-bond acceptors (Lipinski definition) is 1. The first-order valence-electron chi connectivity index (χ1n) is 5.52. The van der Waals surface area contributed by atoms with Crippen LogP contribution in [0.25, 0.3) is 0 Å². The molecule has 0 heterocycles. The maximum absolute atomic E-state index is 9.75. The Labute approximate surface area is 81.5 Å². The van der Waals surface area contributed by atoms with E-state index in [-0.39, 0.29) is 5.60 Å². The van der Waals surface area contributed by atoms with E-state index >= 15 is 0 Å². The van der Waals surface area contributed by atoms with Crippen LogP contribution in [-0.4, -0.2) is 10.7 Å². The van der Waals surface area contributed by atoms with Crippen LogP contribution in [0.4, 0.5) is 0 Å². The first-order chi connectivity index (χ1) is 5.80. The molecule has 1 nitrogen and oxygen atoms in total. The van der Waals surface area contributed by atoms with Crippen LogP contribution in [0.1, 0.15) is 53.4 Å². The van der Waals surface area contributed by atoms with Crippen LogP contribution in [-0.2, 0) is 0 Å². The van der Waals surface area contributed by atoms with Crippen molar-refractivity contribution in [3.8, 4) is 0 Å². The van der Waals surface area contributed by atoms with Gasteiger partial charge in [-0.2, -0.15) is 0 Å². The lowest BCUT2D eigenvalue weighted by atomic mass is 10.0. The van der Waals surface area contributed by atoms with E-state index in [1.165, 1.54) is 6.42 Å². The second-order valence-corrected chi connectivity index (χ2v) is 6.26. The van der Waals surface area contributed by atoms with Crippen LogP contribution in [0.3, 0.4) is 0 Å². The van der Waals surface area contributed by atoms with Gasteiger partial charge in [0, 0.05) is 0 Å². The lowest BCUT2D eigenvalue weighted by Gasteiger charge is -2.07. The molecule has 2 fully saturated rings. The Kier molecular flexibility index (Phi) is 1.69. The largest absolute Gasteiger partial charge is 0.390 e. The molecule has 0 spiro atoms. The molecule has 0 atom stereocenters. The Morgan fingerprint density at radius 1 is 1.08 bits per heavy atom. The van der Waals surface area contributed by atoms with E-state index in [1.54, 1.807) is 0 Å². The molecule has 0 aromatic rings. The van der Waals surface area contributed by atoms with Crippen molar-refractivity contribution in [1.29, 1.82) is 0 Å². The lowest BCUT2D eigenvalue weighted by molar-refractivity contribution is 0.133. The van der Waals surface area contributed by atoms with Crippen LogP contribution in [0.15, 0.2) is 0 Å². The first-order valence-corrected chi connectivity index (χ1v) is 5.52. The molecule has 1 N–H and O–H groups in total. The molecular weight excluding hydrogens is 160 g/mol. The molecule has 2 aliphatic rings. The molecule has 0 amide bonds. The summed E-state index contributed by atoms with van der Waals surface area (Å²) in [5.74, 6) is 0.824. The molecule has 0 aliphatic heterocycles. The van der Waals surface area contributed by atoms with Gasteiger partial charge >= 0.3 is 0 Å². The van der Waals surface area contributed by atoms with Crippen LogP contribution in [0.2, 0.25) is 0 Å². The van der Waals surface area contributed by atoms with Crippen molar-refractivity contribution in [2.75, 3.05) is 0 Å². The fourth-order valence-electron chi connectivity index (χ4n) is 2.86. The van der Waals surface area contributed by atoms with Crippen LogP contribution >= 0.6 is 0 Å². The van der Waals surface area contributed by atoms with Gasteiger partial charge in [-0.3, -0.25) is 0 Å². The molecule has 2 aliphatic carbocycles. The predicted octanol–water partition coefficient (Wildman–Crippen LogP) is 2.97. The van der Waals surface area contributed by atoms with Gasteiger partial charge in [0.05, 0.1) is 5.60 Å². The summed E-state index contributed by atoms with van der Waals surface area (Å²) in [6.45, 7) is 9.42. The van der Waals surface area contributed by atoms with E-state index in [9.17, 15) is 5.11 Å². The van der Waals surface area contributed by atoms with Gasteiger partial charge in [0.1, 0.15) is 0 Å². The summed E-state index contributed by atoms with van der Waals surface area (Å²) in [7, 11) is 0. The van der Waals surface area contributed by atoms with E-state index < -0.39 is 0 Å². The van der Waals surface area contributed by atoms with Gasteiger partial charge in [0.15, 0.2) is 0 Å². The number of rotatable bonds is 3. The van der Waals surface area contributed by atoms with E-state index in [2.05, 4.69) is 27.7 Å². The minimum absolute atomic E-state index is 0.241. The third kappa shape index (κ3) is 1.32. The van der Waals surface area contributed by atoms with E-state index in [0.717, 1.165) is 25.2 Å². The second kappa shape index (κ2) is 2.31. The average molecular weight is 182 g/mol. The third-order valence-corrected chi connectivity index (χ3v) is 5.05. The molecule has 13 heavy (non-hydrogen) atoms. The molecule has 0 radical (unpaired) electrons. The predicted molar refractivity (Wildman–Crippen MR) is 54.5 cm³/mol. The summed E-state index contributed by atoms with van der Waals surface area (Å²) in [6.07, 6.45) is 4.34. The Balaban J connectivity index is 1.85. The van der Waals surface area contributed by atoms with Crippen molar-refractivity contribution in [2.45, 2.75) is 59.0 Å². The van der Waals surface area contributed by atoms with Crippen molar-refractivity contribution in [3.63, 3.8) is 0 Å². The third-order valence-electron chi connectivity index (χ3n) is 5.05. The maximum atomic E-state index is 9.75. The molecule has 1 heteroatoms. The quantitative estimate of drug-likeness (QED) is 0.711. The molecule has 0 saturated heterocycles. The smallest absolute Gasteiger partial charge is 0.0650 e. The van der Waals surface area contributed by atoms with Crippen LogP contribution in [0.5, 0.6) is 0 Å². The van der Waals surface area contributed by atoms with Crippen molar-refractivity contribution in [1.82, 2.24) is 0 Å². The zero-order chi connectivity index (χ0) is 9.91. The fourth-order valence-corrected chi connectivity index (χ4v) is 2.86. The van der Waals surface area contributed by atoms with Gasteiger partial charge in [-0.25, -0.2) is 0 Å². The van der Waals surface area contributed by atoms with Crippen molar-refractivity contribution >= 4 is 0 Å². The minimum Gasteiger partial charge on any atom is -0.390 e. The zero-order valence-corrected chi connectivity index (χ0v) is 9.35. The average Bonchev–Trinajstić information content (AvgIpc) is 2.75. The summed E-state index contributed by atoms with van der Waals surface area (Å²) in [5.41, 5.74) is 0.755. The van der Waals surface area contributed by atoms with Gasteiger partial charge in [-0.05, 0) is 42.4 Å². The number of hydrogen-bond donors (Lipinski definition) is 1. The maximum Gasteiger partial charge on any atom is 0.0650 e. The summed E-state index contributed by atoms with van der Waals surface area (Å²) >= 11 is 0. The SMILES string of the molecule is CC1(C)C(CCC2(O)CC2)C1(C)C. The molecule has 0 aromatic carbocycles. The van der Waals surface area contributed by atoms with Crippen LogP contribution < -0.4 is 0 Å². The van der Waals surface area contributed by atoms with Crippen molar-refractivity contribution in [3.05, 3.63) is 0 Å². The standard InChI is InChI=1S/C12H22O/c1-10(2)9(11(10,3)4)5-6-12(13)7-8-12/h9,13H,5-8H2,1-4H3. The van der Waals surface area contributed by atoms with Crippen LogP contribution in [0, 0.1) is 16.7 Å². The molecule has 0 aromatic heterocycles. The van der Waals surface area contributed by atoms with Crippen molar-refractivity contribution in [2.24, 2.45) is 16.7 Å². The molecule has 2 saturated carbocycles. The molecule has 76 valence electrons. The summed E-state index contributed by atoms with van der Waals surface area (Å²) in [4.78, 5) is 0. The second-order valence-electron chi connectivity index (χ2n) is 6.26. The van der Waals surface area contributed by atoms with Crippen molar-refractivity contribution < 1.29 is 5.11 Å². The first kappa shape index (κ1) is 9.51. The normalized spacial score (nSPS) is 33.0. The minimum atomic E-state index is -0.241. The number of aliphatic hydroxyl groups is 1. The Hall–Kier alpha value is -0.0400. The summed E-state index contributed by atoms with van der Waals surface area (Å²) < 4.78 is 0. The van der Waals surface area contributed by atoms with E-state index in [0.29, 0.717) is 10.8 Å². The highest BCUT2D eigenvalue weighted by molar-refractivity contribution is 5.12. The van der Waals surface area contributed by atoms with Gasteiger partial charge < -0.3 is 5.11 Å². The van der Waals surface area contributed by atoms with Gasteiger partial charge in [-0.1, -0.05) is 27.7 Å². The fraction of sp³-hybridized carbons (Fsp3) is 1.00. The molecular formula is C12H22O. The molecule has 0 bridgehead atoms. The highest BCUT2D eigenvalue weighted by Crippen LogP contribution is 2.70. The monoisotopic (exact) mass is 182 g/mol. The van der Waals surface area contributed by atoms with E-state index in [4.69, 9.17) is 0 Å². The Bertz CT molecular complexity index is 209. The van der Waals surface area contributed by atoms with Gasteiger partial charge in [-0.15, -0.1) is 0 Å². The van der Waals surface area contributed by atoms with E-state index in [1.807, 2.05) is 0 Å². The molecule has 2 rings (SSSR count). The highest BCUT2D eigenvalue weighted by Gasteiger charge is 2.64. The Morgan fingerprint density at radius 2 is 1.54 bits per heavy atom. The van der Waals surface area contributed by atoms with Gasteiger partial charge in [0.2, 0.25) is 0 Å². The zero-order valence-electron chi connectivity index (χ0n) is 9.35. The summed E-state index contributed by atoms with van der Waals surface area (Å²) in [5, 5.41) is 9.75. The Morgan fingerprint density at radius 3 is 1.85 bits per heavy atom.